The van der Waals surface area contributed by atoms with E-state index in [0.29, 0.717) is 23.8 Å². The third-order valence-corrected chi connectivity index (χ3v) is 5.44. The van der Waals surface area contributed by atoms with Crippen molar-refractivity contribution in [2.45, 2.75) is 38.1 Å². The number of hydrogen-bond donors (Lipinski definition) is 1. The molecule has 3 rings (SSSR count). The first kappa shape index (κ1) is 17.2. The Morgan fingerprint density at radius 1 is 1.17 bits per heavy atom. The fourth-order valence-electron chi connectivity index (χ4n) is 3.69. The highest BCUT2D eigenvalue weighted by Gasteiger charge is 2.34. The normalized spacial score (nSPS) is 21.0. The fourth-order valence-corrected chi connectivity index (χ4v) is 3.93. The predicted octanol–water partition coefficient (Wildman–Crippen LogP) is 2.42. The maximum absolute atomic E-state index is 12.7. The lowest BCUT2D eigenvalue weighted by Crippen LogP contribution is -2.57. The highest BCUT2D eigenvalue weighted by Crippen LogP contribution is 2.28. The van der Waals surface area contributed by atoms with Crippen molar-refractivity contribution in [3.8, 4) is 0 Å². The molecule has 24 heavy (non-hydrogen) atoms. The van der Waals surface area contributed by atoms with Gasteiger partial charge in [-0.3, -0.25) is 9.59 Å². The average molecular weight is 350 g/mol. The molecule has 2 aliphatic rings. The van der Waals surface area contributed by atoms with Crippen LogP contribution in [-0.4, -0.2) is 42.4 Å². The molecule has 0 spiro atoms. The van der Waals surface area contributed by atoms with Crippen LogP contribution in [0.25, 0.3) is 0 Å². The fraction of sp³-hybridized carbons (Fsp3) is 0.556. The molecule has 0 unspecified atom stereocenters. The van der Waals surface area contributed by atoms with Gasteiger partial charge in [0.25, 0.3) is 0 Å². The molecular weight excluding hydrogens is 326 g/mol. The lowest BCUT2D eigenvalue weighted by atomic mass is 9.83. The molecule has 5 nitrogen and oxygen atoms in total. The number of nitrogens with zero attached hydrogens (tertiary/aromatic N) is 2. The van der Waals surface area contributed by atoms with Crippen LogP contribution in [0.4, 0.5) is 5.69 Å². The summed E-state index contributed by atoms with van der Waals surface area (Å²) in [5.74, 6) is 0.0514. The summed E-state index contributed by atoms with van der Waals surface area (Å²) in [6.07, 6.45) is 5.54. The zero-order chi connectivity index (χ0) is 17.1. The molecule has 1 saturated carbocycles. The Morgan fingerprint density at radius 3 is 2.54 bits per heavy atom. The van der Waals surface area contributed by atoms with E-state index in [-0.39, 0.29) is 24.3 Å². The molecule has 1 aromatic carbocycles. The highest BCUT2D eigenvalue weighted by atomic mass is 35.5. The van der Waals surface area contributed by atoms with Crippen LogP contribution >= 0.6 is 11.6 Å². The number of para-hydroxylation sites is 1. The maximum atomic E-state index is 12.7. The van der Waals surface area contributed by atoms with E-state index in [4.69, 9.17) is 17.3 Å². The molecule has 0 bridgehead atoms. The quantitative estimate of drug-likeness (QED) is 0.911. The molecule has 6 heteroatoms. The monoisotopic (exact) mass is 349 g/mol. The van der Waals surface area contributed by atoms with Crippen LogP contribution in [0.1, 0.15) is 32.1 Å². The first-order chi connectivity index (χ1) is 11.6. The molecule has 1 atom stereocenters. The Bertz CT molecular complexity index is 616. The van der Waals surface area contributed by atoms with Crippen molar-refractivity contribution in [3.05, 3.63) is 29.3 Å². The first-order valence-electron chi connectivity index (χ1n) is 8.67. The van der Waals surface area contributed by atoms with Crippen molar-refractivity contribution in [2.24, 2.45) is 11.7 Å². The van der Waals surface area contributed by atoms with Gasteiger partial charge in [0, 0.05) is 13.1 Å². The number of hydrogen-bond acceptors (Lipinski definition) is 3. The van der Waals surface area contributed by atoms with E-state index >= 15 is 0 Å². The number of rotatable bonds is 3. The predicted molar refractivity (Wildman–Crippen MR) is 94.9 cm³/mol. The van der Waals surface area contributed by atoms with E-state index in [1.165, 1.54) is 6.42 Å². The summed E-state index contributed by atoms with van der Waals surface area (Å²) in [4.78, 5) is 28.4. The van der Waals surface area contributed by atoms with Gasteiger partial charge in [-0.2, -0.15) is 0 Å². The molecular formula is C18H24ClN3O2. The SMILES string of the molecule is N[C@H](C(=O)N1CCN(c2ccccc2Cl)C(=O)C1)C1CCCCC1. The maximum Gasteiger partial charge on any atom is 0.246 e. The number of halogens is 1. The molecule has 130 valence electrons. The number of piperazine rings is 1. The van der Waals surface area contributed by atoms with E-state index in [0.717, 1.165) is 25.7 Å². The van der Waals surface area contributed by atoms with Crippen molar-refractivity contribution in [3.63, 3.8) is 0 Å². The minimum Gasteiger partial charge on any atom is -0.330 e. The van der Waals surface area contributed by atoms with Crippen LogP contribution in [0.2, 0.25) is 5.02 Å². The lowest BCUT2D eigenvalue weighted by Gasteiger charge is -2.37. The van der Waals surface area contributed by atoms with Gasteiger partial charge in [-0.05, 0) is 30.9 Å². The van der Waals surface area contributed by atoms with Gasteiger partial charge in [0.1, 0.15) is 6.54 Å². The molecule has 1 aliphatic carbocycles. The van der Waals surface area contributed by atoms with Crippen LogP contribution in [0.5, 0.6) is 0 Å². The third kappa shape index (κ3) is 3.57. The van der Waals surface area contributed by atoms with Gasteiger partial charge in [-0.1, -0.05) is 43.0 Å². The zero-order valence-electron chi connectivity index (χ0n) is 13.8. The number of amides is 2. The molecule has 2 N–H and O–H groups in total. The van der Waals surface area contributed by atoms with Gasteiger partial charge in [0.2, 0.25) is 11.8 Å². The average Bonchev–Trinajstić information content (AvgIpc) is 2.62. The Kier molecular flexibility index (Phi) is 5.41. The first-order valence-corrected chi connectivity index (χ1v) is 9.05. The van der Waals surface area contributed by atoms with Gasteiger partial charge >= 0.3 is 0 Å². The minimum absolute atomic E-state index is 0.0739. The van der Waals surface area contributed by atoms with Crippen LogP contribution in [0.15, 0.2) is 24.3 Å². The Morgan fingerprint density at radius 2 is 1.88 bits per heavy atom. The number of carbonyl (C=O) groups excluding carboxylic acids is 2. The molecule has 0 radical (unpaired) electrons. The summed E-state index contributed by atoms with van der Waals surface area (Å²) >= 11 is 6.18. The number of benzene rings is 1. The summed E-state index contributed by atoms with van der Waals surface area (Å²) in [5, 5.41) is 0.546. The Hall–Kier alpha value is -1.59. The zero-order valence-corrected chi connectivity index (χ0v) is 14.5. The Labute approximate surface area is 147 Å². The van der Waals surface area contributed by atoms with E-state index in [2.05, 4.69) is 0 Å². The number of anilines is 1. The van der Waals surface area contributed by atoms with Crippen LogP contribution in [0, 0.1) is 5.92 Å². The van der Waals surface area contributed by atoms with Crippen molar-refractivity contribution < 1.29 is 9.59 Å². The van der Waals surface area contributed by atoms with Crippen molar-refractivity contribution in [2.75, 3.05) is 24.5 Å². The summed E-state index contributed by atoms with van der Waals surface area (Å²) in [6, 6.07) is 6.79. The van der Waals surface area contributed by atoms with E-state index in [1.54, 1.807) is 15.9 Å². The van der Waals surface area contributed by atoms with Gasteiger partial charge in [-0.25, -0.2) is 0 Å². The van der Waals surface area contributed by atoms with Crippen molar-refractivity contribution in [1.82, 2.24) is 4.90 Å². The van der Waals surface area contributed by atoms with E-state index in [9.17, 15) is 9.59 Å². The molecule has 2 amide bonds. The minimum atomic E-state index is -0.482. The van der Waals surface area contributed by atoms with Crippen LogP contribution in [-0.2, 0) is 9.59 Å². The molecule has 2 fully saturated rings. The van der Waals surface area contributed by atoms with Gasteiger partial charge in [0.05, 0.1) is 16.8 Å². The van der Waals surface area contributed by atoms with Gasteiger partial charge in [0.15, 0.2) is 0 Å². The summed E-state index contributed by atoms with van der Waals surface area (Å²) in [5.41, 5.74) is 6.90. The lowest BCUT2D eigenvalue weighted by molar-refractivity contribution is -0.139. The molecule has 0 aromatic heterocycles. The van der Waals surface area contributed by atoms with E-state index < -0.39 is 6.04 Å². The molecule has 1 heterocycles. The Balaban J connectivity index is 1.63. The van der Waals surface area contributed by atoms with E-state index in [1.807, 2.05) is 18.2 Å². The standard InChI is InChI=1S/C18H24ClN3O2/c19-14-8-4-5-9-15(14)22-11-10-21(12-16(22)23)18(24)17(20)13-6-2-1-3-7-13/h4-5,8-9,13,17H,1-3,6-7,10-12,20H2/t17-/m0/s1. The molecule has 1 saturated heterocycles. The summed E-state index contributed by atoms with van der Waals surface area (Å²) in [7, 11) is 0. The second-order valence-electron chi connectivity index (χ2n) is 6.68. The van der Waals surface area contributed by atoms with Crippen LogP contribution < -0.4 is 10.6 Å². The highest BCUT2D eigenvalue weighted by molar-refractivity contribution is 6.33. The second-order valence-corrected chi connectivity index (χ2v) is 7.09. The molecule has 1 aromatic rings. The van der Waals surface area contributed by atoms with Crippen LogP contribution in [0.3, 0.4) is 0 Å². The summed E-state index contributed by atoms with van der Waals surface area (Å²) < 4.78 is 0. The van der Waals surface area contributed by atoms with Gasteiger partial charge < -0.3 is 15.5 Å². The van der Waals surface area contributed by atoms with Gasteiger partial charge in [-0.15, -0.1) is 0 Å². The van der Waals surface area contributed by atoms with Crippen molar-refractivity contribution >= 4 is 29.1 Å². The third-order valence-electron chi connectivity index (χ3n) is 5.12. The largest absolute Gasteiger partial charge is 0.330 e. The topological polar surface area (TPSA) is 66.6 Å². The second kappa shape index (κ2) is 7.53. The van der Waals surface area contributed by atoms with Crippen molar-refractivity contribution in [1.29, 1.82) is 0 Å². The number of nitrogens with two attached hydrogens (primary N) is 1. The summed E-state index contributed by atoms with van der Waals surface area (Å²) in [6.45, 7) is 1.02. The number of carbonyl (C=O) groups is 2. The molecule has 1 aliphatic heterocycles. The smallest absolute Gasteiger partial charge is 0.246 e.